The molecule has 3 nitrogen and oxygen atoms in total. The number of aliphatic carboxylic acids is 1. The first-order chi connectivity index (χ1) is 9.22. The molecule has 0 bridgehead atoms. The molecule has 0 aliphatic rings. The third-order valence-corrected chi connectivity index (χ3v) is 3.12. The van der Waals surface area contributed by atoms with E-state index in [4.69, 9.17) is 5.11 Å². The molecule has 1 aromatic heterocycles. The summed E-state index contributed by atoms with van der Waals surface area (Å²) in [6, 6.07) is 17.8. The van der Waals surface area contributed by atoms with Crippen molar-refractivity contribution < 1.29 is 9.90 Å². The van der Waals surface area contributed by atoms with Gasteiger partial charge in [0.15, 0.2) is 0 Å². The van der Waals surface area contributed by atoms with E-state index in [1.807, 2.05) is 42.5 Å². The molecule has 0 unspecified atom stereocenters. The summed E-state index contributed by atoms with van der Waals surface area (Å²) in [7, 11) is 0. The Morgan fingerprint density at radius 2 is 1.89 bits per heavy atom. The Bertz CT molecular complexity index is 710. The minimum atomic E-state index is -0.811. The van der Waals surface area contributed by atoms with Crippen molar-refractivity contribution in [3.8, 4) is 11.3 Å². The summed E-state index contributed by atoms with van der Waals surface area (Å²) in [5.41, 5.74) is 3.91. The highest BCUT2D eigenvalue weighted by Crippen LogP contribution is 2.24. The lowest BCUT2D eigenvalue weighted by Crippen LogP contribution is -1.99. The van der Waals surface area contributed by atoms with Gasteiger partial charge in [-0.2, -0.15) is 0 Å². The first kappa shape index (κ1) is 11.5. The van der Waals surface area contributed by atoms with Crippen LogP contribution in [-0.2, 0) is 11.2 Å². The second kappa shape index (κ2) is 4.61. The Morgan fingerprint density at radius 1 is 1.05 bits per heavy atom. The van der Waals surface area contributed by atoms with Crippen LogP contribution in [0.25, 0.3) is 22.2 Å². The van der Waals surface area contributed by atoms with Gasteiger partial charge >= 0.3 is 5.97 Å². The number of hydrogen-bond donors (Lipinski definition) is 2. The highest BCUT2D eigenvalue weighted by molar-refractivity contribution is 5.86. The summed E-state index contributed by atoms with van der Waals surface area (Å²) < 4.78 is 0. The summed E-state index contributed by atoms with van der Waals surface area (Å²) in [5.74, 6) is -0.811. The number of benzene rings is 2. The van der Waals surface area contributed by atoms with Gasteiger partial charge in [-0.15, -0.1) is 0 Å². The standard InChI is InChI=1S/C16H13NO2/c18-16(19)9-11-4-3-6-12(8-11)15-10-13-5-1-2-7-14(13)17-15/h1-8,10,17H,9H2,(H,18,19). The highest BCUT2D eigenvalue weighted by atomic mass is 16.4. The number of aromatic nitrogens is 1. The van der Waals surface area contributed by atoms with E-state index >= 15 is 0 Å². The van der Waals surface area contributed by atoms with Crippen LogP contribution in [0.1, 0.15) is 5.56 Å². The van der Waals surface area contributed by atoms with Gasteiger partial charge in [0.05, 0.1) is 6.42 Å². The molecule has 0 saturated heterocycles. The van der Waals surface area contributed by atoms with Gasteiger partial charge in [-0.3, -0.25) is 4.79 Å². The van der Waals surface area contributed by atoms with Gasteiger partial charge in [-0.1, -0.05) is 36.4 Å². The minimum Gasteiger partial charge on any atom is -0.481 e. The Balaban J connectivity index is 2.03. The lowest BCUT2D eigenvalue weighted by atomic mass is 10.1. The fraction of sp³-hybridized carbons (Fsp3) is 0.0625. The molecule has 3 heteroatoms. The number of para-hydroxylation sites is 1. The van der Waals surface area contributed by atoms with Crippen LogP contribution in [0, 0.1) is 0 Å². The highest BCUT2D eigenvalue weighted by Gasteiger charge is 2.05. The number of rotatable bonds is 3. The van der Waals surface area contributed by atoms with Gasteiger partial charge in [0, 0.05) is 16.6 Å². The van der Waals surface area contributed by atoms with Crippen LogP contribution in [0.4, 0.5) is 0 Å². The summed E-state index contributed by atoms with van der Waals surface area (Å²) in [5, 5.41) is 9.99. The Morgan fingerprint density at radius 3 is 2.68 bits per heavy atom. The SMILES string of the molecule is O=C(O)Cc1cccc(-c2cc3ccccc3[nH]2)c1. The number of H-pyrrole nitrogens is 1. The number of fused-ring (bicyclic) bond motifs is 1. The van der Waals surface area contributed by atoms with Crippen LogP contribution in [0.3, 0.4) is 0 Å². The average molecular weight is 251 g/mol. The van der Waals surface area contributed by atoms with Gasteiger partial charge in [0.25, 0.3) is 0 Å². The topological polar surface area (TPSA) is 53.1 Å². The van der Waals surface area contributed by atoms with Gasteiger partial charge in [0.2, 0.25) is 0 Å². The molecule has 0 saturated carbocycles. The lowest BCUT2D eigenvalue weighted by molar-refractivity contribution is -0.136. The van der Waals surface area contributed by atoms with E-state index < -0.39 is 5.97 Å². The first-order valence-electron chi connectivity index (χ1n) is 6.11. The summed E-state index contributed by atoms with van der Waals surface area (Å²) in [6.07, 6.45) is 0.0497. The molecule has 1 heterocycles. The number of carbonyl (C=O) groups is 1. The Kier molecular flexibility index (Phi) is 2.80. The van der Waals surface area contributed by atoms with Crippen molar-refractivity contribution in [1.29, 1.82) is 0 Å². The van der Waals surface area contributed by atoms with E-state index in [9.17, 15) is 4.79 Å². The second-order valence-electron chi connectivity index (χ2n) is 4.54. The lowest BCUT2D eigenvalue weighted by Gasteiger charge is -2.01. The van der Waals surface area contributed by atoms with Crippen molar-refractivity contribution in [2.24, 2.45) is 0 Å². The van der Waals surface area contributed by atoms with Crippen LogP contribution in [0.15, 0.2) is 54.6 Å². The van der Waals surface area contributed by atoms with Crippen molar-refractivity contribution in [2.75, 3.05) is 0 Å². The van der Waals surface area contributed by atoms with Crippen molar-refractivity contribution in [3.05, 3.63) is 60.2 Å². The second-order valence-corrected chi connectivity index (χ2v) is 4.54. The van der Waals surface area contributed by atoms with Crippen LogP contribution in [-0.4, -0.2) is 16.1 Å². The number of nitrogens with one attached hydrogen (secondary N) is 1. The molecule has 19 heavy (non-hydrogen) atoms. The van der Waals surface area contributed by atoms with Crippen LogP contribution in [0.5, 0.6) is 0 Å². The molecule has 0 aliphatic carbocycles. The number of carboxylic acids is 1. The van der Waals surface area contributed by atoms with Crippen molar-refractivity contribution in [2.45, 2.75) is 6.42 Å². The fourth-order valence-corrected chi connectivity index (χ4v) is 2.25. The maximum Gasteiger partial charge on any atom is 0.307 e. The molecule has 0 amide bonds. The van der Waals surface area contributed by atoms with Gasteiger partial charge in [-0.05, 0) is 29.3 Å². The van der Waals surface area contributed by atoms with Gasteiger partial charge in [-0.25, -0.2) is 0 Å². The molecular formula is C16H13NO2. The van der Waals surface area contributed by atoms with Crippen LogP contribution in [0.2, 0.25) is 0 Å². The monoisotopic (exact) mass is 251 g/mol. The molecule has 0 spiro atoms. The van der Waals surface area contributed by atoms with E-state index in [2.05, 4.69) is 17.1 Å². The normalized spacial score (nSPS) is 10.7. The number of carboxylic acid groups (broad SMARTS) is 1. The largest absolute Gasteiger partial charge is 0.481 e. The third kappa shape index (κ3) is 2.36. The summed E-state index contributed by atoms with van der Waals surface area (Å²) in [6.45, 7) is 0. The molecule has 0 fully saturated rings. The van der Waals surface area contributed by atoms with E-state index in [1.165, 1.54) is 0 Å². The molecule has 0 atom stereocenters. The van der Waals surface area contributed by atoms with Crippen molar-refractivity contribution >= 4 is 16.9 Å². The molecule has 2 aromatic carbocycles. The molecule has 3 rings (SSSR count). The molecule has 0 aliphatic heterocycles. The number of hydrogen-bond acceptors (Lipinski definition) is 1. The first-order valence-corrected chi connectivity index (χ1v) is 6.11. The van der Waals surface area contributed by atoms with Crippen molar-refractivity contribution in [3.63, 3.8) is 0 Å². The Hall–Kier alpha value is -2.55. The Labute approximate surface area is 110 Å². The summed E-state index contributed by atoms with van der Waals surface area (Å²) >= 11 is 0. The number of aromatic amines is 1. The van der Waals surface area contributed by atoms with Gasteiger partial charge in [0.1, 0.15) is 0 Å². The van der Waals surface area contributed by atoms with E-state index in [-0.39, 0.29) is 6.42 Å². The van der Waals surface area contributed by atoms with E-state index in [0.717, 1.165) is 27.7 Å². The zero-order valence-corrected chi connectivity index (χ0v) is 10.3. The zero-order chi connectivity index (χ0) is 13.2. The average Bonchev–Trinajstić information content (AvgIpc) is 2.82. The molecule has 2 N–H and O–H groups in total. The minimum absolute atomic E-state index is 0.0497. The van der Waals surface area contributed by atoms with Crippen LogP contribution < -0.4 is 0 Å². The third-order valence-electron chi connectivity index (χ3n) is 3.12. The van der Waals surface area contributed by atoms with E-state index in [0.29, 0.717) is 0 Å². The predicted molar refractivity (Wildman–Crippen MR) is 75.1 cm³/mol. The van der Waals surface area contributed by atoms with Crippen molar-refractivity contribution in [1.82, 2.24) is 4.98 Å². The maximum absolute atomic E-state index is 10.7. The molecule has 94 valence electrons. The maximum atomic E-state index is 10.7. The van der Waals surface area contributed by atoms with E-state index in [1.54, 1.807) is 0 Å². The fourth-order valence-electron chi connectivity index (χ4n) is 2.25. The van der Waals surface area contributed by atoms with Crippen LogP contribution >= 0.6 is 0 Å². The molecular weight excluding hydrogens is 238 g/mol. The van der Waals surface area contributed by atoms with Gasteiger partial charge < -0.3 is 10.1 Å². The predicted octanol–water partition coefficient (Wildman–Crippen LogP) is 3.46. The smallest absolute Gasteiger partial charge is 0.307 e. The molecule has 3 aromatic rings. The molecule has 0 radical (unpaired) electrons. The zero-order valence-electron chi connectivity index (χ0n) is 10.3. The summed E-state index contributed by atoms with van der Waals surface area (Å²) in [4.78, 5) is 14.1. The quantitative estimate of drug-likeness (QED) is 0.749.